The normalized spacial score (nSPS) is 33.3. The van der Waals surface area contributed by atoms with Crippen LogP contribution in [0.5, 0.6) is 5.75 Å². The Hall–Kier alpha value is -1.71. The molecule has 0 heterocycles. The number of benzene rings is 1. The fraction of sp³-hybridized carbons (Fsp3) is 0.650. The van der Waals surface area contributed by atoms with Gasteiger partial charge in [-0.2, -0.15) is 0 Å². The first-order valence-electron chi connectivity index (χ1n) is 9.38. The smallest absolute Gasteiger partial charge is 0.315 e. The second-order valence-corrected chi connectivity index (χ2v) is 7.95. The minimum absolute atomic E-state index is 0.0148. The molecule has 1 aromatic carbocycles. The van der Waals surface area contributed by atoms with Gasteiger partial charge in [-0.25, -0.2) is 4.79 Å². The van der Waals surface area contributed by atoms with E-state index in [1.165, 1.54) is 37.7 Å². The van der Waals surface area contributed by atoms with Crippen molar-refractivity contribution in [1.29, 1.82) is 0 Å². The third kappa shape index (κ3) is 3.24. The van der Waals surface area contributed by atoms with Crippen molar-refractivity contribution in [3.63, 3.8) is 0 Å². The van der Waals surface area contributed by atoms with Crippen LogP contribution in [0.4, 0.5) is 4.79 Å². The average Bonchev–Trinajstić information content (AvgIpc) is 2.58. The van der Waals surface area contributed by atoms with Gasteiger partial charge in [-0.05, 0) is 79.9 Å². The Morgan fingerprint density at radius 1 is 1.04 bits per heavy atom. The number of hydrogen-bond acceptors (Lipinski definition) is 2. The number of carbonyl (C=O) groups excluding carboxylic acids is 1. The average molecular weight is 328 g/mol. The van der Waals surface area contributed by atoms with Gasteiger partial charge in [-0.1, -0.05) is 12.1 Å². The molecule has 2 N–H and O–H groups in total. The van der Waals surface area contributed by atoms with Crippen LogP contribution in [0.2, 0.25) is 0 Å². The summed E-state index contributed by atoms with van der Waals surface area (Å²) in [6.07, 6.45) is 7.65. The Kier molecular flexibility index (Phi) is 4.38. The van der Waals surface area contributed by atoms with E-state index in [0.717, 1.165) is 35.8 Å². The lowest BCUT2D eigenvalue weighted by molar-refractivity contribution is -0.00940. The van der Waals surface area contributed by atoms with Gasteiger partial charge >= 0.3 is 6.03 Å². The van der Waals surface area contributed by atoms with E-state index >= 15 is 0 Å². The number of methoxy groups -OCH3 is 1. The maximum Gasteiger partial charge on any atom is 0.315 e. The molecule has 4 heteroatoms. The molecule has 4 aliphatic carbocycles. The summed E-state index contributed by atoms with van der Waals surface area (Å²) in [5.74, 6) is 4.22. The van der Waals surface area contributed by atoms with Crippen molar-refractivity contribution in [2.24, 2.45) is 23.7 Å². The van der Waals surface area contributed by atoms with Crippen LogP contribution < -0.4 is 15.4 Å². The first kappa shape index (κ1) is 15.8. The van der Waals surface area contributed by atoms with Gasteiger partial charge in [-0.15, -0.1) is 0 Å². The van der Waals surface area contributed by atoms with Gasteiger partial charge in [0.25, 0.3) is 0 Å². The quantitative estimate of drug-likeness (QED) is 0.871. The fourth-order valence-corrected chi connectivity index (χ4v) is 5.48. The largest absolute Gasteiger partial charge is 0.497 e. The van der Waals surface area contributed by atoms with Crippen molar-refractivity contribution in [2.45, 2.75) is 44.6 Å². The summed E-state index contributed by atoms with van der Waals surface area (Å²) >= 11 is 0. The molecule has 0 radical (unpaired) electrons. The molecule has 24 heavy (non-hydrogen) atoms. The van der Waals surface area contributed by atoms with Crippen molar-refractivity contribution in [2.75, 3.05) is 13.7 Å². The number of hydrogen-bond donors (Lipinski definition) is 2. The lowest BCUT2D eigenvalue weighted by Gasteiger charge is -2.54. The van der Waals surface area contributed by atoms with Crippen molar-refractivity contribution in [1.82, 2.24) is 10.6 Å². The van der Waals surface area contributed by atoms with Crippen LogP contribution in [0.25, 0.3) is 0 Å². The molecule has 4 fully saturated rings. The number of carbonyl (C=O) groups is 1. The molecule has 4 bridgehead atoms. The number of amides is 2. The molecule has 0 atom stereocenters. The topological polar surface area (TPSA) is 50.4 Å². The van der Waals surface area contributed by atoms with E-state index in [1.807, 2.05) is 12.1 Å². The molecular formula is C20H28N2O2. The molecule has 0 aliphatic heterocycles. The third-order valence-electron chi connectivity index (χ3n) is 6.38. The zero-order valence-electron chi connectivity index (χ0n) is 14.5. The molecule has 1 aromatic rings. The Balaban J connectivity index is 1.23. The van der Waals surface area contributed by atoms with Crippen LogP contribution in [0.3, 0.4) is 0 Å². The zero-order valence-corrected chi connectivity index (χ0v) is 14.5. The highest BCUT2D eigenvalue weighted by Gasteiger charge is 2.48. The molecule has 2 amide bonds. The number of nitrogens with one attached hydrogen (secondary N) is 2. The van der Waals surface area contributed by atoms with E-state index in [0.29, 0.717) is 12.6 Å². The third-order valence-corrected chi connectivity index (χ3v) is 6.38. The molecule has 4 nitrogen and oxygen atoms in total. The summed E-state index contributed by atoms with van der Waals surface area (Å²) in [4.78, 5) is 12.3. The minimum atomic E-state index is 0.0148. The molecule has 0 spiro atoms. The summed E-state index contributed by atoms with van der Waals surface area (Å²) in [7, 11) is 1.67. The highest BCUT2D eigenvalue weighted by molar-refractivity contribution is 5.74. The van der Waals surface area contributed by atoms with Gasteiger partial charge in [-0.3, -0.25) is 0 Å². The van der Waals surface area contributed by atoms with Crippen molar-refractivity contribution in [3.8, 4) is 5.75 Å². The van der Waals surface area contributed by atoms with E-state index < -0.39 is 0 Å². The molecule has 130 valence electrons. The Morgan fingerprint density at radius 3 is 2.25 bits per heavy atom. The SMILES string of the molecule is COc1ccc(CCNC(=O)NC2C3CC4CC(C3)CC2C4)cc1. The van der Waals surface area contributed by atoms with E-state index in [-0.39, 0.29) is 6.03 Å². The van der Waals surface area contributed by atoms with Crippen LogP contribution in [0.15, 0.2) is 24.3 Å². The molecular weight excluding hydrogens is 300 g/mol. The number of urea groups is 1. The summed E-state index contributed by atoms with van der Waals surface area (Å²) in [6.45, 7) is 0.672. The monoisotopic (exact) mass is 328 g/mol. The molecule has 0 unspecified atom stereocenters. The van der Waals surface area contributed by atoms with Gasteiger partial charge in [0, 0.05) is 12.6 Å². The first-order chi connectivity index (χ1) is 11.7. The summed E-state index contributed by atoms with van der Waals surface area (Å²) < 4.78 is 5.16. The van der Waals surface area contributed by atoms with Gasteiger partial charge in [0.2, 0.25) is 0 Å². The van der Waals surface area contributed by atoms with Crippen LogP contribution in [0.1, 0.15) is 37.7 Å². The number of ether oxygens (including phenoxy) is 1. The molecule has 0 aromatic heterocycles. The predicted octanol–water partition coefficient (Wildman–Crippen LogP) is 3.36. The van der Waals surface area contributed by atoms with Crippen LogP contribution in [-0.4, -0.2) is 25.7 Å². The second-order valence-electron chi connectivity index (χ2n) is 7.95. The molecule has 0 saturated heterocycles. The second kappa shape index (κ2) is 6.66. The lowest BCUT2D eigenvalue weighted by Crippen LogP contribution is -2.57. The first-order valence-corrected chi connectivity index (χ1v) is 9.38. The van der Waals surface area contributed by atoms with Crippen molar-refractivity contribution >= 4 is 6.03 Å². The van der Waals surface area contributed by atoms with E-state index in [4.69, 9.17) is 4.74 Å². The van der Waals surface area contributed by atoms with Crippen molar-refractivity contribution in [3.05, 3.63) is 29.8 Å². The standard InChI is InChI=1S/C20H28N2O2/c1-24-18-4-2-13(3-5-18)6-7-21-20(23)22-19-16-9-14-8-15(11-16)12-17(19)10-14/h2-5,14-17,19H,6-12H2,1H3,(H2,21,22,23). The van der Waals surface area contributed by atoms with Gasteiger partial charge in [0.15, 0.2) is 0 Å². The fourth-order valence-electron chi connectivity index (χ4n) is 5.48. The molecule has 4 aliphatic rings. The van der Waals surface area contributed by atoms with Crippen LogP contribution >= 0.6 is 0 Å². The highest BCUT2D eigenvalue weighted by Crippen LogP contribution is 2.53. The van der Waals surface area contributed by atoms with Gasteiger partial charge < -0.3 is 15.4 Å². The Labute approximate surface area is 144 Å². The molecule has 5 rings (SSSR count). The van der Waals surface area contributed by atoms with E-state index in [1.54, 1.807) is 7.11 Å². The maximum atomic E-state index is 12.3. The van der Waals surface area contributed by atoms with Crippen LogP contribution in [-0.2, 0) is 6.42 Å². The number of rotatable bonds is 5. The molecule has 4 saturated carbocycles. The van der Waals surface area contributed by atoms with Crippen molar-refractivity contribution < 1.29 is 9.53 Å². The van der Waals surface area contributed by atoms with Gasteiger partial charge in [0.05, 0.1) is 7.11 Å². The summed E-state index contributed by atoms with van der Waals surface area (Å²) in [5, 5.41) is 6.33. The van der Waals surface area contributed by atoms with Gasteiger partial charge in [0.1, 0.15) is 5.75 Å². The van der Waals surface area contributed by atoms with E-state index in [2.05, 4.69) is 22.8 Å². The Morgan fingerprint density at radius 2 is 1.67 bits per heavy atom. The lowest BCUT2D eigenvalue weighted by atomic mass is 9.54. The Bertz CT molecular complexity index is 556. The maximum absolute atomic E-state index is 12.3. The predicted molar refractivity (Wildman–Crippen MR) is 94.1 cm³/mol. The minimum Gasteiger partial charge on any atom is -0.497 e. The summed E-state index contributed by atoms with van der Waals surface area (Å²) in [5.41, 5.74) is 1.21. The van der Waals surface area contributed by atoms with Crippen LogP contribution in [0, 0.1) is 23.7 Å². The zero-order chi connectivity index (χ0) is 16.5. The summed E-state index contributed by atoms with van der Waals surface area (Å²) in [6, 6.07) is 8.46. The van der Waals surface area contributed by atoms with E-state index in [9.17, 15) is 4.79 Å². The highest BCUT2D eigenvalue weighted by atomic mass is 16.5.